The number of carbonyl (C=O) groups excluding carboxylic acids is 1. The molecule has 1 fully saturated rings. The molecule has 1 aliphatic heterocycles. The zero-order chi connectivity index (χ0) is 14.9. The number of nitrogens with one attached hydrogen (secondary N) is 1. The highest BCUT2D eigenvalue weighted by Gasteiger charge is 2.25. The van der Waals surface area contributed by atoms with E-state index in [9.17, 15) is 4.79 Å². The zero-order valence-corrected chi connectivity index (χ0v) is 12.3. The van der Waals surface area contributed by atoms with Gasteiger partial charge in [-0.3, -0.25) is 4.79 Å². The fourth-order valence-corrected chi connectivity index (χ4v) is 2.84. The molecule has 1 aromatic heterocycles. The van der Waals surface area contributed by atoms with Gasteiger partial charge in [-0.15, -0.1) is 10.2 Å². The normalized spacial score (nSPS) is 17.0. The van der Waals surface area contributed by atoms with E-state index < -0.39 is 0 Å². The van der Waals surface area contributed by atoms with Gasteiger partial charge >= 0.3 is 0 Å². The SMILES string of the molecule is O=C(c1ccc(NC2CC2)nn1)N1CCCc2ccccc21. The highest BCUT2D eigenvalue weighted by atomic mass is 16.2. The zero-order valence-electron chi connectivity index (χ0n) is 12.3. The van der Waals surface area contributed by atoms with Gasteiger partial charge in [0.05, 0.1) is 0 Å². The van der Waals surface area contributed by atoms with Crippen LogP contribution in [-0.2, 0) is 6.42 Å². The first kappa shape index (κ1) is 13.2. The standard InChI is InChI=1S/C17H18N4O/c22-17(14-9-10-16(20-19-14)18-13-7-8-13)21-11-3-5-12-4-1-2-6-15(12)21/h1-2,4,6,9-10,13H,3,5,7-8,11H2,(H,18,20). The van der Waals surface area contributed by atoms with Crippen LogP contribution < -0.4 is 10.2 Å². The Balaban J connectivity index is 1.56. The van der Waals surface area contributed by atoms with Crippen molar-refractivity contribution >= 4 is 17.4 Å². The van der Waals surface area contributed by atoms with Gasteiger partial charge in [0.1, 0.15) is 5.82 Å². The van der Waals surface area contributed by atoms with Crippen LogP contribution in [-0.4, -0.2) is 28.7 Å². The van der Waals surface area contributed by atoms with E-state index in [4.69, 9.17) is 0 Å². The molecule has 1 aromatic carbocycles. The second kappa shape index (κ2) is 5.40. The van der Waals surface area contributed by atoms with Crippen molar-refractivity contribution in [3.63, 3.8) is 0 Å². The fraction of sp³-hybridized carbons (Fsp3) is 0.353. The monoisotopic (exact) mass is 294 g/mol. The van der Waals surface area contributed by atoms with Crippen LogP contribution in [0, 0.1) is 0 Å². The summed E-state index contributed by atoms with van der Waals surface area (Å²) in [5, 5.41) is 11.5. The number of fused-ring (bicyclic) bond motifs is 1. The lowest BCUT2D eigenvalue weighted by Gasteiger charge is -2.29. The summed E-state index contributed by atoms with van der Waals surface area (Å²) < 4.78 is 0. The van der Waals surface area contributed by atoms with Crippen molar-refractivity contribution in [2.24, 2.45) is 0 Å². The predicted molar refractivity (Wildman–Crippen MR) is 85.1 cm³/mol. The number of aromatic nitrogens is 2. The molecule has 0 radical (unpaired) electrons. The third-order valence-electron chi connectivity index (χ3n) is 4.17. The van der Waals surface area contributed by atoms with Crippen molar-refractivity contribution in [3.8, 4) is 0 Å². The largest absolute Gasteiger partial charge is 0.366 e. The molecule has 4 rings (SSSR count). The van der Waals surface area contributed by atoms with Gasteiger partial charge in [-0.05, 0) is 49.4 Å². The minimum atomic E-state index is -0.0716. The van der Waals surface area contributed by atoms with Crippen molar-refractivity contribution in [3.05, 3.63) is 47.7 Å². The molecular weight excluding hydrogens is 276 g/mol. The van der Waals surface area contributed by atoms with E-state index >= 15 is 0 Å². The Labute approximate surface area is 129 Å². The van der Waals surface area contributed by atoms with Crippen molar-refractivity contribution < 1.29 is 4.79 Å². The third-order valence-corrected chi connectivity index (χ3v) is 4.17. The van der Waals surface area contributed by atoms with E-state index in [2.05, 4.69) is 21.6 Å². The molecule has 0 saturated heterocycles. The van der Waals surface area contributed by atoms with E-state index in [0.717, 1.165) is 30.9 Å². The minimum absolute atomic E-state index is 0.0716. The van der Waals surface area contributed by atoms with Crippen molar-refractivity contribution in [1.82, 2.24) is 10.2 Å². The first-order chi connectivity index (χ1) is 10.8. The summed E-state index contributed by atoms with van der Waals surface area (Å²) >= 11 is 0. The number of anilines is 2. The Hall–Kier alpha value is -2.43. The van der Waals surface area contributed by atoms with E-state index in [1.54, 1.807) is 6.07 Å². The number of carbonyl (C=O) groups is 1. The molecule has 5 nitrogen and oxygen atoms in total. The van der Waals surface area contributed by atoms with Gasteiger partial charge in [0.15, 0.2) is 5.69 Å². The summed E-state index contributed by atoms with van der Waals surface area (Å²) in [6, 6.07) is 12.2. The van der Waals surface area contributed by atoms with Gasteiger partial charge < -0.3 is 10.2 Å². The highest BCUT2D eigenvalue weighted by Crippen LogP contribution is 2.28. The molecular formula is C17H18N4O. The Morgan fingerprint density at radius 1 is 1.14 bits per heavy atom. The van der Waals surface area contributed by atoms with E-state index in [0.29, 0.717) is 11.7 Å². The third kappa shape index (κ3) is 2.54. The second-order valence-corrected chi connectivity index (χ2v) is 5.91. The maximum absolute atomic E-state index is 12.7. The summed E-state index contributed by atoms with van der Waals surface area (Å²) in [6.07, 6.45) is 4.38. The summed E-state index contributed by atoms with van der Waals surface area (Å²) in [5.41, 5.74) is 2.63. The molecule has 1 N–H and O–H groups in total. The van der Waals surface area contributed by atoms with Crippen LogP contribution in [0.25, 0.3) is 0 Å². The number of rotatable bonds is 3. The van der Waals surface area contributed by atoms with Crippen LogP contribution in [0.2, 0.25) is 0 Å². The molecule has 2 heterocycles. The number of hydrogen-bond acceptors (Lipinski definition) is 4. The molecule has 0 atom stereocenters. The van der Waals surface area contributed by atoms with Crippen molar-refractivity contribution in [2.75, 3.05) is 16.8 Å². The summed E-state index contributed by atoms with van der Waals surface area (Å²) in [4.78, 5) is 14.5. The fourth-order valence-electron chi connectivity index (χ4n) is 2.84. The van der Waals surface area contributed by atoms with Gasteiger partial charge in [0, 0.05) is 18.3 Å². The van der Waals surface area contributed by atoms with Gasteiger partial charge in [-0.25, -0.2) is 0 Å². The summed E-state index contributed by atoms with van der Waals surface area (Å²) in [5.74, 6) is 0.677. The lowest BCUT2D eigenvalue weighted by Crippen LogP contribution is -2.36. The van der Waals surface area contributed by atoms with Crippen molar-refractivity contribution in [1.29, 1.82) is 0 Å². The molecule has 0 unspecified atom stereocenters. The number of hydrogen-bond donors (Lipinski definition) is 1. The average molecular weight is 294 g/mol. The lowest BCUT2D eigenvalue weighted by atomic mass is 10.0. The van der Waals surface area contributed by atoms with Gasteiger partial charge in [-0.1, -0.05) is 18.2 Å². The molecule has 0 bridgehead atoms. The summed E-state index contributed by atoms with van der Waals surface area (Å²) in [7, 11) is 0. The smallest absolute Gasteiger partial charge is 0.278 e. The molecule has 22 heavy (non-hydrogen) atoms. The van der Waals surface area contributed by atoms with E-state index in [1.807, 2.05) is 29.2 Å². The van der Waals surface area contributed by atoms with Gasteiger partial charge in [0.25, 0.3) is 5.91 Å². The topological polar surface area (TPSA) is 58.1 Å². The van der Waals surface area contributed by atoms with E-state index in [-0.39, 0.29) is 5.91 Å². The Kier molecular flexibility index (Phi) is 3.25. The van der Waals surface area contributed by atoms with Crippen LogP contribution in [0.4, 0.5) is 11.5 Å². The van der Waals surface area contributed by atoms with E-state index in [1.165, 1.54) is 18.4 Å². The van der Waals surface area contributed by atoms with Crippen LogP contribution >= 0.6 is 0 Å². The quantitative estimate of drug-likeness (QED) is 0.945. The highest BCUT2D eigenvalue weighted by molar-refractivity contribution is 6.05. The number of para-hydroxylation sites is 1. The Morgan fingerprint density at radius 3 is 2.77 bits per heavy atom. The Morgan fingerprint density at radius 2 is 2.00 bits per heavy atom. The summed E-state index contributed by atoms with van der Waals surface area (Å²) in [6.45, 7) is 0.736. The Bertz CT molecular complexity index is 694. The molecule has 2 aliphatic rings. The van der Waals surface area contributed by atoms with Crippen molar-refractivity contribution in [2.45, 2.75) is 31.7 Å². The number of benzene rings is 1. The van der Waals surface area contributed by atoms with Crippen LogP contribution in [0.3, 0.4) is 0 Å². The van der Waals surface area contributed by atoms with Crippen LogP contribution in [0.1, 0.15) is 35.3 Å². The maximum Gasteiger partial charge on any atom is 0.278 e. The average Bonchev–Trinajstić information content (AvgIpc) is 3.38. The number of amides is 1. The number of aryl methyl sites for hydroxylation is 1. The lowest BCUT2D eigenvalue weighted by molar-refractivity contribution is 0.0979. The minimum Gasteiger partial charge on any atom is -0.366 e. The van der Waals surface area contributed by atoms with Crippen LogP contribution in [0.5, 0.6) is 0 Å². The first-order valence-electron chi connectivity index (χ1n) is 7.81. The molecule has 1 saturated carbocycles. The molecule has 1 amide bonds. The molecule has 0 spiro atoms. The maximum atomic E-state index is 12.7. The first-order valence-corrected chi connectivity index (χ1v) is 7.81. The molecule has 112 valence electrons. The second-order valence-electron chi connectivity index (χ2n) is 5.91. The molecule has 5 heteroatoms. The van der Waals surface area contributed by atoms with Gasteiger partial charge in [-0.2, -0.15) is 0 Å². The van der Waals surface area contributed by atoms with Crippen LogP contribution in [0.15, 0.2) is 36.4 Å². The number of nitrogens with zero attached hydrogens (tertiary/aromatic N) is 3. The molecule has 1 aliphatic carbocycles. The predicted octanol–water partition coefficient (Wildman–Crippen LogP) is 2.64. The van der Waals surface area contributed by atoms with Gasteiger partial charge in [0.2, 0.25) is 0 Å². The molecule has 2 aromatic rings.